The molecule has 1 amide bonds. The summed E-state index contributed by atoms with van der Waals surface area (Å²) in [4.78, 5) is 22.8. The fourth-order valence-electron chi connectivity index (χ4n) is 5.04. The van der Waals surface area contributed by atoms with Crippen LogP contribution in [0.1, 0.15) is 90.0 Å². The molecular weight excluding hydrogens is 467 g/mol. The van der Waals surface area contributed by atoms with Gasteiger partial charge < -0.3 is 34.7 Å². The van der Waals surface area contributed by atoms with Gasteiger partial charge in [-0.3, -0.25) is 0 Å². The Labute approximate surface area is 233 Å². The van der Waals surface area contributed by atoms with Gasteiger partial charge in [0.15, 0.2) is 0 Å². The van der Waals surface area contributed by atoms with Crippen LogP contribution in [0.2, 0.25) is 0 Å². The topological polar surface area (TPSA) is 109 Å². The van der Waals surface area contributed by atoms with Crippen LogP contribution in [0.5, 0.6) is 5.75 Å². The van der Waals surface area contributed by atoms with Crippen LogP contribution in [-0.4, -0.2) is 55.6 Å². The number of rotatable bonds is 11. The number of hydrogen-bond acceptors (Lipinski definition) is 7. The summed E-state index contributed by atoms with van der Waals surface area (Å²) in [5, 5.41) is 17.1. The molecule has 37 heavy (non-hydrogen) atoms. The minimum Gasteiger partial charge on any atom is -0.550 e. The predicted molar refractivity (Wildman–Crippen MR) is 136 cm³/mol. The molecule has 2 atom stereocenters. The number of amides is 1. The second-order valence-electron chi connectivity index (χ2n) is 11.0. The van der Waals surface area contributed by atoms with Gasteiger partial charge in [-0.25, -0.2) is 4.79 Å². The monoisotopic (exact) mass is 510 g/mol. The maximum atomic E-state index is 12.3. The largest absolute Gasteiger partial charge is 1.00 e. The Balaban J connectivity index is 0.00000481. The van der Waals surface area contributed by atoms with Crippen molar-refractivity contribution in [2.24, 2.45) is 0 Å². The molecule has 2 fully saturated rings. The number of aliphatic carboxylic acids is 1. The Kier molecular flexibility index (Phi) is 13.3. The van der Waals surface area contributed by atoms with Crippen LogP contribution in [-0.2, 0) is 14.3 Å². The van der Waals surface area contributed by atoms with Crippen LogP contribution in [0.4, 0.5) is 4.79 Å². The summed E-state index contributed by atoms with van der Waals surface area (Å²) in [5.74, 6) is 0.319. The third kappa shape index (κ3) is 11.3. The van der Waals surface area contributed by atoms with E-state index in [2.05, 4.69) is 16.7 Å². The summed E-state index contributed by atoms with van der Waals surface area (Å²) in [5.41, 5.74) is 0.713. The number of para-hydroxylation sites is 1. The number of ether oxygens (including phenoxy) is 3. The molecule has 2 aliphatic rings. The van der Waals surface area contributed by atoms with Gasteiger partial charge in [0.05, 0.1) is 25.4 Å². The van der Waals surface area contributed by atoms with Crippen molar-refractivity contribution in [2.45, 2.75) is 108 Å². The van der Waals surface area contributed by atoms with Gasteiger partial charge in [0.1, 0.15) is 11.4 Å². The molecule has 1 aromatic carbocycles. The molecule has 1 aliphatic heterocycles. The molecule has 1 heterocycles. The molecule has 0 bridgehead atoms. The van der Waals surface area contributed by atoms with Crippen LogP contribution in [0, 0.1) is 0 Å². The smallest absolute Gasteiger partial charge is 0.550 e. The molecule has 1 saturated carbocycles. The fraction of sp³-hybridized carbons (Fsp3) is 0.714. The Morgan fingerprint density at radius 3 is 2.51 bits per heavy atom. The average molecular weight is 511 g/mol. The maximum absolute atomic E-state index is 12.3. The van der Waals surface area contributed by atoms with E-state index < -0.39 is 11.6 Å². The third-order valence-electron chi connectivity index (χ3n) is 6.86. The van der Waals surface area contributed by atoms with Crippen molar-refractivity contribution >= 4 is 12.1 Å². The van der Waals surface area contributed by atoms with Gasteiger partial charge in [0, 0.05) is 12.0 Å². The number of benzene rings is 1. The number of carboxylic acid groups (broad SMARTS) is 1. The number of carbonyl (C=O) groups excluding carboxylic acids is 2. The van der Waals surface area contributed by atoms with Crippen molar-refractivity contribution < 1.29 is 47.8 Å². The number of unbranched alkanes of at least 4 members (excludes halogenated alkanes) is 1. The molecule has 0 aromatic heterocycles. The minimum absolute atomic E-state index is 0. The number of hydrogen-bond donors (Lipinski definition) is 2. The second kappa shape index (κ2) is 15.6. The standard InChI is InChI=1S/C28H44N2O6.Li/c1-28(2,3)36-27(33)30-23-10-8-17-29-24(23)19-35-21-15-13-20(14-16-21)22-9-4-5-11-25(22)34-18-7-6-12-26(31)32;/h4-5,9,11,20-21,23-24,29H,6-8,10,12-19H2,1-3H3,(H,30,33)(H,31,32);/q;+1/p-1/t20?,21?,23-,24-;/m0./s1. The van der Waals surface area contributed by atoms with E-state index in [0.717, 1.165) is 50.8 Å². The van der Waals surface area contributed by atoms with E-state index in [0.29, 0.717) is 32.0 Å². The Hall–Kier alpha value is -1.72. The molecule has 1 aliphatic carbocycles. The molecule has 2 N–H and O–H groups in total. The van der Waals surface area contributed by atoms with Gasteiger partial charge in [0.2, 0.25) is 0 Å². The van der Waals surface area contributed by atoms with Crippen LogP contribution in [0.3, 0.4) is 0 Å². The van der Waals surface area contributed by atoms with Crippen molar-refractivity contribution in [1.29, 1.82) is 0 Å². The number of nitrogens with one attached hydrogen (secondary N) is 2. The first-order valence-corrected chi connectivity index (χ1v) is 13.5. The van der Waals surface area contributed by atoms with E-state index in [9.17, 15) is 14.7 Å². The van der Waals surface area contributed by atoms with Gasteiger partial charge in [-0.2, -0.15) is 0 Å². The summed E-state index contributed by atoms with van der Waals surface area (Å²) < 4.78 is 17.8. The zero-order chi connectivity index (χ0) is 26.0. The Morgan fingerprint density at radius 1 is 1.08 bits per heavy atom. The normalized spacial score (nSPS) is 24.0. The van der Waals surface area contributed by atoms with Crippen molar-refractivity contribution in [1.82, 2.24) is 10.6 Å². The molecule has 0 radical (unpaired) electrons. The third-order valence-corrected chi connectivity index (χ3v) is 6.86. The van der Waals surface area contributed by atoms with Crippen LogP contribution < -0.4 is 39.3 Å². The molecule has 0 spiro atoms. The molecular formula is C28H43LiN2O6. The van der Waals surface area contributed by atoms with Gasteiger partial charge in [0.25, 0.3) is 0 Å². The minimum atomic E-state index is -1.01. The summed E-state index contributed by atoms with van der Waals surface area (Å²) >= 11 is 0. The van der Waals surface area contributed by atoms with Crippen LogP contribution >= 0.6 is 0 Å². The summed E-state index contributed by atoms with van der Waals surface area (Å²) in [7, 11) is 0. The predicted octanol–water partition coefficient (Wildman–Crippen LogP) is 0.678. The number of piperidine rings is 1. The first-order valence-electron chi connectivity index (χ1n) is 13.5. The van der Waals surface area contributed by atoms with Crippen molar-refractivity contribution in [3.05, 3.63) is 29.8 Å². The maximum Gasteiger partial charge on any atom is 1.00 e. The molecule has 1 aromatic rings. The van der Waals surface area contributed by atoms with Crippen LogP contribution in [0.25, 0.3) is 0 Å². The van der Waals surface area contributed by atoms with E-state index in [-0.39, 0.29) is 49.6 Å². The number of carboxylic acids is 1. The van der Waals surface area contributed by atoms with Gasteiger partial charge in [-0.1, -0.05) is 18.2 Å². The van der Waals surface area contributed by atoms with E-state index in [1.165, 1.54) is 5.56 Å². The van der Waals surface area contributed by atoms with E-state index >= 15 is 0 Å². The van der Waals surface area contributed by atoms with Gasteiger partial charge >= 0.3 is 25.0 Å². The van der Waals surface area contributed by atoms with Crippen molar-refractivity contribution in [2.75, 3.05) is 19.8 Å². The van der Waals surface area contributed by atoms with E-state index in [1.54, 1.807) is 0 Å². The fourth-order valence-corrected chi connectivity index (χ4v) is 5.04. The van der Waals surface area contributed by atoms with Crippen molar-refractivity contribution in [3.63, 3.8) is 0 Å². The summed E-state index contributed by atoms with van der Waals surface area (Å²) in [6, 6.07) is 8.25. The second-order valence-corrected chi connectivity index (χ2v) is 11.0. The number of carbonyl (C=O) groups is 2. The molecule has 3 rings (SSSR count). The van der Waals surface area contributed by atoms with Gasteiger partial charge in [-0.05, 0) is 103 Å². The summed E-state index contributed by atoms with van der Waals surface area (Å²) in [6.07, 6.45) is 7.15. The summed E-state index contributed by atoms with van der Waals surface area (Å²) in [6.45, 7) is 7.61. The molecule has 8 nitrogen and oxygen atoms in total. The van der Waals surface area contributed by atoms with Crippen LogP contribution in [0.15, 0.2) is 24.3 Å². The molecule has 202 valence electrons. The molecule has 1 saturated heterocycles. The molecule has 0 unspecified atom stereocenters. The quantitative estimate of drug-likeness (QED) is 0.333. The first kappa shape index (κ1) is 31.5. The Morgan fingerprint density at radius 2 is 1.81 bits per heavy atom. The van der Waals surface area contributed by atoms with Gasteiger partial charge in [-0.15, -0.1) is 0 Å². The SMILES string of the molecule is CC(C)(C)OC(=O)N[C@H]1CCCN[C@H]1COC1CCC(c2ccccc2OCCCCC(=O)[O-])CC1.[Li+]. The van der Waals surface area contributed by atoms with E-state index in [1.807, 2.05) is 39.0 Å². The molecule has 9 heteroatoms. The Bertz CT molecular complexity index is 838. The zero-order valence-corrected chi connectivity index (χ0v) is 23.1. The first-order chi connectivity index (χ1) is 17.2. The number of alkyl carbamates (subject to hydrolysis) is 1. The zero-order valence-electron chi connectivity index (χ0n) is 23.1. The van der Waals surface area contributed by atoms with E-state index in [4.69, 9.17) is 14.2 Å². The average Bonchev–Trinajstić information content (AvgIpc) is 2.82. The van der Waals surface area contributed by atoms with Crippen molar-refractivity contribution in [3.8, 4) is 5.75 Å².